The van der Waals surface area contributed by atoms with Crippen LogP contribution in [0.4, 0.5) is 0 Å². The van der Waals surface area contributed by atoms with Crippen LogP contribution in [0.2, 0.25) is 0 Å². The van der Waals surface area contributed by atoms with Gasteiger partial charge >= 0.3 is 0 Å². The summed E-state index contributed by atoms with van der Waals surface area (Å²) in [5.74, 6) is -0.414. The Morgan fingerprint density at radius 2 is 1.05 bits per heavy atom. The molecule has 310 valence electrons. The SMILES string of the molecule is [2H]C([2H])(c1cc(C([2H])([2H])C([2H])([2H])c2cnc(-c3ccccc3)cc2C)cc(C([2H])([2H])C([2H])([2H])c2cnc(-c3cccc4c3oc3c(C)c(C#N)ccc34)cc2C(C)C)c1)C([2H])([2H])c1cnc(-c2ccccc2)cc1C. The highest BCUT2D eigenvalue weighted by Gasteiger charge is 2.18. The van der Waals surface area contributed by atoms with Crippen LogP contribution in [0.1, 0.15) is 97.4 Å². The van der Waals surface area contributed by atoms with Crippen molar-refractivity contribution in [2.24, 2.45) is 0 Å². The van der Waals surface area contributed by atoms with Crippen LogP contribution in [0.3, 0.4) is 0 Å². The van der Waals surface area contributed by atoms with Crippen molar-refractivity contribution < 1.29 is 20.9 Å². The van der Waals surface area contributed by atoms with E-state index in [1.165, 1.54) is 18.6 Å². The molecule has 63 heavy (non-hydrogen) atoms. The highest BCUT2D eigenvalue weighted by Crippen LogP contribution is 2.38. The molecule has 5 nitrogen and oxygen atoms in total. The first-order valence-electron chi connectivity index (χ1n) is 26.8. The van der Waals surface area contributed by atoms with Crippen molar-refractivity contribution in [1.29, 1.82) is 5.26 Å². The van der Waals surface area contributed by atoms with Gasteiger partial charge in [0.25, 0.3) is 0 Å². The van der Waals surface area contributed by atoms with Gasteiger partial charge in [-0.05, 0) is 151 Å². The molecule has 0 unspecified atom stereocenters. The van der Waals surface area contributed by atoms with Crippen LogP contribution in [-0.2, 0) is 38.2 Å². The molecule has 0 bridgehead atoms. The Labute approximate surface area is 388 Å². The maximum atomic E-state index is 9.78. The Morgan fingerprint density at radius 1 is 0.540 bits per heavy atom. The van der Waals surface area contributed by atoms with Crippen molar-refractivity contribution in [3.63, 3.8) is 0 Å². The fraction of sp³-hybridized carbons (Fsp3) is 0.207. The number of hydrogen-bond donors (Lipinski definition) is 0. The summed E-state index contributed by atoms with van der Waals surface area (Å²) in [5.41, 5.74) is 4.66. The number of rotatable bonds is 13. The van der Waals surface area contributed by atoms with Crippen molar-refractivity contribution in [2.75, 3.05) is 0 Å². The minimum Gasteiger partial charge on any atom is -0.455 e. The van der Waals surface area contributed by atoms with E-state index in [9.17, 15) is 21.7 Å². The molecule has 0 aliphatic rings. The van der Waals surface area contributed by atoms with Gasteiger partial charge in [-0.1, -0.05) is 105 Å². The topological polar surface area (TPSA) is 75.6 Å². The predicted molar refractivity (Wildman–Crippen MR) is 258 cm³/mol. The third kappa shape index (κ3) is 8.81. The Kier molecular flexibility index (Phi) is 8.37. The normalized spacial score (nSPS) is 15.6. The fourth-order valence-corrected chi connectivity index (χ4v) is 7.69. The Balaban J connectivity index is 1.19. The summed E-state index contributed by atoms with van der Waals surface area (Å²) in [6, 6.07) is 37.6. The van der Waals surface area contributed by atoms with Gasteiger partial charge in [-0.2, -0.15) is 5.26 Å². The minimum atomic E-state index is -3.14. The van der Waals surface area contributed by atoms with Crippen molar-refractivity contribution in [1.82, 2.24) is 15.0 Å². The van der Waals surface area contributed by atoms with Gasteiger partial charge in [-0.25, -0.2) is 0 Å². The summed E-state index contributed by atoms with van der Waals surface area (Å²) in [7, 11) is 0. The number of nitriles is 1. The van der Waals surface area contributed by atoms with Gasteiger partial charge in [0.15, 0.2) is 0 Å². The molecule has 5 heteroatoms. The van der Waals surface area contributed by atoms with Gasteiger partial charge in [-0.3, -0.25) is 15.0 Å². The summed E-state index contributed by atoms with van der Waals surface area (Å²) in [4.78, 5) is 13.7. The molecule has 0 spiro atoms. The number of furan rings is 1. The molecule has 0 aliphatic heterocycles. The molecule has 4 heterocycles. The highest BCUT2D eigenvalue weighted by atomic mass is 16.3. The second-order valence-electron chi connectivity index (χ2n) is 15.9. The van der Waals surface area contributed by atoms with E-state index in [2.05, 4.69) is 16.0 Å². The lowest BCUT2D eigenvalue weighted by atomic mass is 9.91. The van der Waals surface area contributed by atoms with E-state index >= 15 is 0 Å². The molecule has 0 radical (unpaired) electrons. The van der Waals surface area contributed by atoms with Gasteiger partial charge in [0.2, 0.25) is 0 Å². The molecule has 0 saturated carbocycles. The van der Waals surface area contributed by atoms with E-state index in [4.69, 9.17) is 9.40 Å². The zero-order valence-electron chi connectivity index (χ0n) is 47.6. The number of fused-ring (bicyclic) bond motifs is 3. The lowest BCUT2D eigenvalue weighted by Crippen LogP contribution is -2.04. The Hall–Kier alpha value is -7.16. The third-order valence-corrected chi connectivity index (χ3v) is 11.2. The first-order chi connectivity index (χ1) is 35.2. The van der Waals surface area contributed by atoms with Crippen molar-refractivity contribution in [2.45, 2.75) is 78.8 Å². The fourth-order valence-electron chi connectivity index (χ4n) is 7.69. The largest absolute Gasteiger partial charge is 0.455 e. The molecule has 9 rings (SSSR count). The number of para-hydroxylation sites is 1. The van der Waals surface area contributed by atoms with Gasteiger partial charge < -0.3 is 4.42 Å². The molecule has 0 fully saturated rings. The molecular weight excluding hydrogens is 769 g/mol. The van der Waals surface area contributed by atoms with E-state index in [1.54, 1.807) is 38.1 Å². The number of benzene rings is 5. The summed E-state index contributed by atoms with van der Waals surface area (Å²) in [6.45, 7) is 8.69. The molecule has 0 amide bonds. The van der Waals surface area contributed by atoms with Crippen LogP contribution >= 0.6 is 0 Å². The van der Waals surface area contributed by atoms with Crippen LogP contribution in [0.5, 0.6) is 0 Å². The monoisotopic (exact) mass is 832 g/mol. The average molecular weight is 833 g/mol. The molecular formula is C58H52N4O. The maximum absolute atomic E-state index is 9.78. The van der Waals surface area contributed by atoms with Crippen LogP contribution in [0.25, 0.3) is 55.7 Å². The highest BCUT2D eigenvalue weighted by molar-refractivity contribution is 6.10. The van der Waals surface area contributed by atoms with Crippen LogP contribution in [0, 0.1) is 32.1 Å². The molecule has 5 aromatic carbocycles. The molecule has 4 aromatic heterocycles. The van der Waals surface area contributed by atoms with E-state index in [-0.39, 0.29) is 16.7 Å². The van der Waals surface area contributed by atoms with Crippen LogP contribution < -0.4 is 0 Å². The quantitative estimate of drug-likeness (QED) is 0.116. The summed E-state index contributed by atoms with van der Waals surface area (Å²) in [5, 5.41) is 11.3. The first-order valence-corrected chi connectivity index (χ1v) is 20.8. The lowest BCUT2D eigenvalue weighted by molar-refractivity contribution is 0.666. The third-order valence-electron chi connectivity index (χ3n) is 11.2. The second-order valence-corrected chi connectivity index (χ2v) is 15.9. The van der Waals surface area contributed by atoms with Crippen molar-refractivity contribution in [3.8, 4) is 39.8 Å². The Morgan fingerprint density at radius 3 is 1.57 bits per heavy atom. The molecule has 0 saturated heterocycles. The maximum Gasteiger partial charge on any atom is 0.144 e. The molecule has 0 aliphatic carbocycles. The summed E-state index contributed by atoms with van der Waals surface area (Å²) in [6.07, 6.45) is -14.4. The van der Waals surface area contributed by atoms with E-state index in [0.29, 0.717) is 61.6 Å². The average Bonchev–Trinajstić information content (AvgIpc) is 3.78. The van der Waals surface area contributed by atoms with Gasteiger partial charge in [0, 0.05) is 68.1 Å². The zero-order valence-corrected chi connectivity index (χ0v) is 35.6. The number of hydrogen-bond acceptors (Lipinski definition) is 5. The van der Waals surface area contributed by atoms with Crippen molar-refractivity contribution in [3.05, 3.63) is 207 Å². The summed E-state index contributed by atoms with van der Waals surface area (Å²) >= 11 is 0. The van der Waals surface area contributed by atoms with Gasteiger partial charge in [-0.15, -0.1) is 0 Å². The van der Waals surface area contributed by atoms with Crippen LogP contribution in [0.15, 0.2) is 150 Å². The second kappa shape index (κ2) is 18.1. The van der Waals surface area contributed by atoms with Crippen molar-refractivity contribution >= 4 is 21.9 Å². The van der Waals surface area contributed by atoms with E-state index in [0.717, 1.165) is 40.1 Å². The number of aromatic nitrogens is 3. The predicted octanol–water partition coefficient (Wildman–Crippen LogP) is 14.0. The minimum absolute atomic E-state index is 0.135. The number of pyridine rings is 3. The zero-order chi connectivity index (χ0) is 54.2. The van der Waals surface area contributed by atoms with E-state index < -0.39 is 60.8 Å². The summed E-state index contributed by atoms with van der Waals surface area (Å²) < 4.78 is 122. The molecule has 0 atom stereocenters. The Bertz CT molecular complexity index is 3590. The molecule has 0 N–H and O–H groups in total. The molecule has 9 aromatic rings. The first kappa shape index (κ1) is 29.2. The van der Waals surface area contributed by atoms with Crippen LogP contribution in [-0.4, -0.2) is 15.0 Å². The van der Waals surface area contributed by atoms with E-state index in [1.807, 2.05) is 106 Å². The van der Waals surface area contributed by atoms with Gasteiger partial charge in [0.05, 0.1) is 28.7 Å². The smallest absolute Gasteiger partial charge is 0.144 e. The standard InChI is InChI=1S/C58H52N4O/c1-37(2)53-32-56(52-18-12-17-50-51-26-25-46(33-59)40(5)57(51)63-58(50)52)62-36-49(53)24-21-43-30-41(19-22-47-34-60-54(27-38(47)3)44-13-8-6-9-14-44)29-42(31-43)20-23-48-35-61-55(28-39(48)4)45-15-10-7-11-16-45/h6-18,25-32,34-37H,19-24H2,1-5H3/i19D2,20D2,21D2,22D2,23D2,24D2. The van der Waals surface area contributed by atoms with Gasteiger partial charge in [0.1, 0.15) is 11.2 Å². The number of aryl methyl sites for hydroxylation is 9. The number of nitrogens with zero attached hydrogens (tertiary/aromatic N) is 4. The lowest BCUT2D eigenvalue weighted by Gasteiger charge is -2.16.